The summed E-state index contributed by atoms with van der Waals surface area (Å²) in [6, 6.07) is 9.47. The molecular weight excluding hydrogens is 350 g/mol. The van der Waals surface area contributed by atoms with E-state index in [9.17, 15) is 14.7 Å². The molecule has 2 aromatic heterocycles. The van der Waals surface area contributed by atoms with Gasteiger partial charge in [0.05, 0.1) is 12.7 Å². The third kappa shape index (κ3) is 4.20. The number of para-hydroxylation sites is 1. The average molecular weight is 373 g/mol. The van der Waals surface area contributed by atoms with Gasteiger partial charge in [-0.05, 0) is 25.5 Å². The van der Waals surface area contributed by atoms with Crippen LogP contribution < -0.4 is 21.3 Å². The highest BCUT2D eigenvalue weighted by Crippen LogP contribution is 2.16. The molecule has 0 aliphatic rings. The molecule has 1 aromatic carbocycles. The van der Waals surface area contributed by atoms with Crippen LogP contribution in [-0.4, -0.2) is 43.5 Å². The second-order valence-corrected chi connectivity index (χ2v) is 6.32. The molecule has 3 rings (SSSR count). The highest BCUT2D eigenvalue weighted by Gasteiger charge is 2.17. The molecule has 2 heterocycles. The largest absolute Gasteiger partial charge is 0.494 e. The van der Waals surface area contributed by atoms with E-state index < -0.39 is 17.4 Å². The number of hydrogen-bond donors (Lipinski definition) is 3. The minimum atomic E-state index is -0.582. The van der Waals surface area contributed by atoms with Crippen LogP contribution in [0.25, 0.3) is 11.2 Å². The topological polar surface area (TPSA) is 114 Å². The fourth-order valence-corrected chi connectivity index (χ4v) is 2.76. The van der Waals surface area contributed by atoms with E-state index in [0.717, 1.165) is 5.75 Å². The molecule has 27 heavy (non-hydrogen) atoms. The number of aromatic nitrogens is 4. The standard InChI is InChI=1S/C18H23N5O4/c1-12(24)11-19-17-20-15-14(16(25)21-18(26)22(15)2)23(17)9-6-10-27-13-7-4-3-5-8-13/h3-5,7-8,12,24H,6,9-11H2,1-2H3,(H,19,20)(H,21,25,26). The van der Waals surface area contributed by atoms with Crippen LogP contribution in [0, 0.1) is 0 Å². The van der Waals surface area contributed by atoms with Gasteiger partial charge in [-0.3, -0.25) is 14.3 Å². The fourth-order valence-electron chi connectivity index (χ4n) is 2.76. The number of aromatic amines is 1. The van der Waals surface area contributed by atoms with Crippen molar-refractivity contribution in [2.75, 3.05) is 18.5 Å². The van der Waals surface area contributed by atoms with Gasteiger partial charge in [0.15, 0.2) is 11.2 Å². The van der Waals surface area contributed by atoms with Crippen molar-refractivity contribution < 1.29 is 9.84 Å². The van der Waals surface area contributed by atoms with Crippen molar-refractivity contribution in [3.05, 3.63) is 51.2 Å². The fraction of sp³-hybridized carbons (Fsp3) is 0.389. The predicted octanol–water partition coefficient (Wildman–Crippen LogP) is 0.685. The van der Waals surface area contributed by atoms with Gasteiger partial charge in [0.25, 0.3) is 5.56 Å². The average Bonchev–Trinajstić information content (AvgIpc) is 3.02. The Morgan fingerprint density at radius 2 is 2.04 bits per heavy atom. The Hall–Kier alpha value is -3.07. The van der Waals surface area contributed by atoms with Crippen molar-refractivity contribution in [2.24, 2.45) is 7.05 Å². The lowest BCUT2D eigenvalue weighted by Crippen LogP contribution is -2.29. The molecule has 144 valence electrons. The van der Waals surface area contributed by atoms with Crippen molar-refractivity contribution in [3.8, 4) is 5.75 Å². The number of hydrogen-bond acceptors (Lipinski definition) is 6. The number of nitrogens with one attached hydrogen (secondary N) is 2. The number of fused-ring (bicyclic) bond motifs is 1. The molecule has 1 unspecified atom stereocenters. The van der Waals surface area contributed by atoms with Gasteiger partial charge in [0.2, 0.25) is 5.95 Å². The maximum atomic E-state index is 12.3. The zero-order valence-electron chi connectivity index (χ0n) is 15.3. The summed E-state index contributed by atoms with van der Waals surface area (Å²) in [6.07, 6.45) is 0.0493. The Bertz CT molecular complexity index is 1020. The lowest BCUT2D eigenvalue weighted by atomic mass is 10.3. The summed E-state index contributed by atoms with van der Waals surface area (Å²) >= 11 is 0. The number of aryl methyl sites for hydroxylation is 2. The van der Waals surface area contributed by atoms with E-state index >= 15 is 0 Å². The van der Waals surface area contributed by atoms with E-state index in [0.29, 0.717) is 36.7 Å². The lowest BCUT2D eigenvalue weighted by molar-refractivity contribution is 0.208. The third-order valence-electron chi connectivity index (χ3n) is 4.10. The molecule has 3 N–H and O–H groups in total. The van der Waals surface area contributed by atoms with Gasteiger partial charge in [-0.1, -0.05) is 18.2 Å². The van der Waals surface area contributed by atoms with E-state index in [2.05, 4.69) is 15.3 Å². The Morgan fingerprint density at radius 1 is 1.30 bits per heavy atom. The molecule has 0 amide bonds. The van der Waals surface area contributed by atoms with Crippen molar-refractivity contribution >= 4 is 17.1 Å². The first-order chi connectivity index (χ1) is 13.0. The maximum absolute atomic E-state index is 12.3. The smallest absolute Gasteiger partial charge is 0.329 e. The number of ether oxygens (including phenoxy) is 1. The van der Waals surface area contributed by atoms with Gasteiger partial charge in [-0.25, -0.2) is 4.79 Å². The summed E-state index contributed by atoms with van der Waals surface area (Å²) in [5, 5.41) is 12.6. The quantitative estimate of drug-likeness (QED) is 0.501. The van der Waals surface area contributed by atoms with Crippen LogP contribution in [0.2, 0.25) is 0 Å². The molecule has 0 aliphatic heterocycles. The highest BCUT2D eigenvalue weighted by atomic mass is 16.5. The number of anilines is 1. The second kappa shape index (κ2) is 8.09. The van der Waals surface area contributed by atoms with Gasteiger partial charge < -0.3 is 19.7 Å². The van der Waals surface area contributed by atoms with E-state index in [4.69, 9.17) is 4.74 Å². The maximum Gasteiger partial charge on any atom is 0.329 e. The van der Waals surface area contributed by atoms with E-state index in [1.54, 1.807) is 18.5 Å². The summed E-state index contributed by atoms with van der Waals surface area (Å²) in [7, 11) is 1.55. The van der Waals surface area contributed by atoms with Crippen LogP contribution in [0.5, 0.6) is 5.75 Å². The second-order valence-electron chi connectivity index (χ2n) is 6.32. The van der Waals surface area contributed by atoms with Crippen LogP contribution in [0.4, 0.5) is 5.95 Å². The normalized spacial score (nSPS) is 12.3. The molecule has 1 atom stereocenters. The first-order valence-corrected chi connectivity index (χ1v) is 8.76. The molecule has 9 heteroatoms. The van der Waals surface area contributed by atoms with Gasteiger partial charge >= 0.3 is 5.69 Å². The molecule has 0 saturated carbocycles. The van der Waals surface area contributed by atoms with Crippen LogP contribution in [0.3, 0.4) is 0 Å². The number of imidazole rings is 1. The van der Waals surface area contributed by atoms with Crippen molar-refractivity contribution in [1.82, 2.24) is 19.1 Å². The Balaban J connectivity index is 1.84. The molecule has 3 aromatic rings. The molecule has 0 fully saturated rings. The molecule has 0 bridgehead atoms. The number of H-pyrrole nitrogens is 1. The summed E-state index contributed by atoms with van der Waals surface area (Å²) in [5.41, 5.74) is -0.410. The molecule has 0 aliphatic carbocycles. The first kappa shape index (κ1) is 18.7. The summed E-state index contributed by atoms with van der Waals surface area (Å²) < 4.78 is 8.70. The summed E-state index contributed by atoms with van der Waals surface area (Å²) in [5.74, 6) is 1.21. The SMILES string of the molecule is CC(O)CNc1nc2c(c(=O)[nH]c(=O)n2C)n1CCCOc1ccccc1. The Kier molecular flexibility index (Phi) is 5.60. The summed E-state index contributed by atoms with van der Waals surface area (Å²) in [6.45, 7) is 2.85. The zero-order valence-corrected chi connectivity index (χ0v) is 15.3. The number of nitrogens with zero attached hydrogens (tertiary/aromatic N) is 3. The van der Waals surface area contributed by atoms with Gasteiger partial charge in [-0.2, -0.15) is 4.98 Å². The Labute approximate surface area is 155 Å². The zero-order chi connectivity index (χ0) is 19.4. The number of aliphatic hydroxyl groups excluding tert-OH is 1. The Morgan fingerprint density at radius 3 is 2.74 bits per heavy atom. The number of aliphatic hydroxyl groups is 1. The number of benzene rings is 1. The lowest BCUT2D eigenvalue weighted by Gasteiger charge is -2.12. The van der Waals surface area contributed by atoms with Gasteiger partial charge in [0, 0.05) is 20.1 Å². The van der Waals surface area contributed by atoms with Crippen LogP contribution >= 0.6 is 0 Å². The molecular formula is C18H23N5O4. The van der Waals surface area contributed by atoms with Crippen molar-refractivity contribution in [3.63, 3.8) is 0 Å². The molecule has 0 spiro atoms. The summed E-state index contributed by atoms with van der Waals surface area (Å²) in [4.78, 5) is 30.9. The third-order valence-corrected chi connectivity index (χ3v) is 4.10. The van der Waals surface area contributed by atoms with Gasteiger partial charge in [0.1, 0.15) is 5.75 Å². The van der Waals surface area contributed by atoms with Crippen LogP contribution in [0.15, 0.2) is 39.9 Å². The molecule has 0 saturated heterocycles. The van der Waals surface area contributed by atoms with E-state index in [-0.39, 0.29) is 6.54 Å². The van der Waals surface area contributed by atoms with E-state index in [1.807, 2.05) is 30.3 Å². The van der Waals surface area contributed by atoms with Crippen LogP contribution in [-0.2, 0) is 13.6 Å². The van der Waals surface area contributed by atoms with Gasteiger partial charge in [-0.15, -0.1) is 0 Å². The van der Waals surface area contributed by atoms with Crippen molar-refractivity contribution in [2.45, 2.75) is 26.0 Å². The van der Waals surface area contributed by atoms with Crippen LogP contribution in [0.1, 0.15) is 13.3 Å². The predicted molar refractivity (Wildman–Crippen MR) is 102 cm³/mol. The number of rotatable bonds is 8. The molecule has 0 radical (unpaired) electrons. The monoisotopic (exact) mass is 373 g/mol. The van der Waals surface area contributed by atoms with E-state index in [1.165, 1.54) is 4.57 Å². The highest BCUT2D eigenvalue weighted by molar-refractivity contribution is 5.74. The molecule has 9 nitrogen and oxygen atoms in total. The first-order valence-electron chi connectivity index (χ1n) is 8.76. The minimum Gasteiger partial charge on any atom is -0.494 e. The minimum absolute atomic E-state index is 0.274. The van der Waals surface area contributed by atoms with Crippen molar-refractivity contribution in [1.29, 1.82) is 0 Å².